The first-order valence-corrected chi connectivity index (χ1v) is 9.45. The van der Waals surface area contributed by atoms with Crippen molar-refractivity contribution in [2.75, 3.05) is 11.5 Å². The summed E-state index contributed by atoms with van der Waals surface area (Å²) in [6.07, 6.45) is 1.72. The van der Waals surface area contributed by atoms with Crippen LogP contribution in [-0.2, 0) is 19.4 Å². The first-order valence-electron chi connectivity index (χ1n) is 7.63. The van der Waals surface area contributed by atoms with Gasteiger partial charge in [0, 0.05) is 6.04 Å². The van der Waals surface area contributed by atoms with Crippen LogP contribution in [0.2, 0.25) is 0 Å². The first kappa shape index (κ1) is 16.3. The number of nitrogens with zero attached hydrogens (tertiary/aromatic N) is 1. The summed E-state index contributed by atoms with van der Waals surface area (Å²) in [6, 6.07) is -1.44. The Kier molecular flexibility index (Phi) is 4.60. The summed E-state index contributed by atoms with van der Waals surface area (Å²) in [4.78, 5) is 26.6. The average Bonchev–Trinajstić information content (AvgIpc) is 2.79. The number of hydrogen-bond acceptors (Lipinski definition) is 4. The Morgan fingerprint density at radius 3 is 2.48 bits per heavy atom. The van der Waals surface area contributed by atoms with Gasteiger partial charge in [0.2, 0.25) is 11.8 Å². The second-order valence-corrected chi connectivity index (χ2v) is 8.33. The van der Waals surface area contributed by atoms with Crippen LogP contribution in [-0.4, -0.2) is 54.8 Å². The number of nitrogens with one attached hydrogen (secondary N) is 1. The molecule has 0 spiro atoms. The summed E-state index contributed by atoms with van der Waals surface area (Å²) < 4.78 is 23.4. The van der Waals surface area contributed by atoms with Gasteiger partial charge in [-0.05, 0) is 18.8 Å². The molecule has 1 N–H and O–H groups in total. The van der Waals surface area contributed by atoms with Gasteiger partial charge in [0.15, 0.2) is 9.84 Å². The van der Waals surface area contributed by atoms with E-state index in [-0.39, 0.29) is 35.3 Å². The molecule has 2 aliphatic heterocycles. The molecule has 6 nitrogen and oxygen atoms in total. The molecule has 4 unspecified atom stereocenters. The summed E-state index contributed by atoms with van der Waals surface area (Å²) >= 11 is 0. The summed E-state index contributed by atoms with van der Waals surface area (Å²) in [5, 5.41) is 2.81. The van der Waals surface area contributed by atoms with E-state index in [9.17, 15) is 18.0 Å². The number of rotatable bonds is 4. The molecule has 0 aromatic carbocycles. The van der Waals surface area contributed by atoms with Crippen LogP contribution in [0, 0.1) is 5.92 Å². The Morgan fingerprint density at radius 2 is 2.00 bits per heavy atom. The molecule has 21 heavy (non-hydrogen) atoms. The van der Waals surface area contributed by atoms with Crippen molar-refractivity contribution >= 4 is 21.7 Å². The minimum atomic E-state index is -3.09. The summed E-state index contributed by atoms with van der Waals surface area (Å²) in [6.45, 7) is 5.75. The van der Waals surface area contributed by atoms with Crippen LogP contribution < -0.4 is 5.32 Å². The normalized spacial score (nSPS) is 33.9. The lowest BCUT2D eigenvalue weighted by Crippen LogP contribution is -2.67. The van der Waals surface area contributed by atoms with Gasteiger partial charge < -0.3 is 10.2 Å². The lowest BCUT2D eigenvalue weighted by molar-refractivity contribution is -0.153. The third-order valence-electron chi connectivity index (χ3n) is 4.66. The largest absolute Gasteiger partial charge is 0.342 e. The zero-order valence-corrected chi connectivity index (χ0v) is 13.6. The molecule has 0 radical (unpaired) electrons. The molecule has 0 bridgehead atoms. The average molecular weight is 316 g/mol. The van der Waals surface area contributed by atoms with Gasteiger partial charge in [0.05, 0.1) is 11.5 Å². The topological polar surface area (TPSA) is 83.6 Å². The highest BCUT2D eigenvalue weighted by Gasteiger charge is 2.46. The molecule has 120 valence electrons. The summed E-state index contributed by atoms with van der Waals surface area (Å²) in [5.41, 5.74) is 0. The van der Waals surface area contributed by atoms with Crippen LogP contribution in [0.15, 0.2) is 0 Å². The number of hydrogen-bond donors (Lipinski definition) is 1. The van der Waals surface area contributed by atoms with Crippen LogP contribution >= 0.6 is 0 Å². The second kappa shape index (κ2) is 5.94. The van der Waals surface area contributed by atoms with Gasteiger partial charge in [-0.1, -0.05) is 27.2 Å². The summed E-state index contributed by atoms with van der Waals surface area (Å²) in [7, 11) is -3.09. The van der Waals surface area contributed by atoms with Crippen molar-refractivity contribution in [1.29, 1.82) is 0 Å². The molecule has 2 aliphatic rings. The number of amides is 2. The van der Waals surface area contributed by atoms with Crippen molar-refractivity contribution in [3.8, 4) is 0 Å². The monoisotopic (exact) mass is 316 g/mol. The van der Waals surface area contributed by atoms with E-state index in [1.807, 2.05) is 20.8 Å². The van der Waals surface area contributed by atoms with E-state index in [0.29, 0.717) is 12.8 Å². The second-order valence-electron chi connectivity index (χ2n) is 6.10. The van der Waals surface area contributed by atoms with Gasteiger partial charge in [0.25, 0.3) is 0 Å². The van der Waals surface area contributed by atoms with E-state index >= 15 is 0 Å². The fourth-order valence-corrected chi connectivity index (χ4v) is 4.90. The quantitative estimate of drug-likeness (QED) is 0.810. The Hall–Kier alpha value is -1.11. The molecule has 4 atom stereocenters. The molecule has 0 aromatic heterocycles. The lowest BCUT2D eigenvalue weighted by atomic mass is 9.92. The zero-order chi connectivity index (χ0) is 15.8. The SMILES string of the molecule is CCC(C)C1NC(=O)C(CC)N(C2CCS(=O)(=O)C2)C1=O. The predicted molar refractivity (Wildman–Crippen MR) is 79.4 cm³/mol. The third kappa shape index (κ3) is 3.07. The predicted octanol–water partition coefficient (Wildman–Crippen LogP) is 0.325. The van der Waals surface area contributed by atoms with Gasteiger partial charge in [-0.25, -0.2) is 8.42 Å². The van der Waals surface area contributed by atoms with Crippen molar-refractivity contribution < 1.29 is 18.0 Å². The van der Waals surface area contributed by atoms with Gasteiger partial charge in [-0.3, -0.25) is 9.59 Å². The standard InChI is InChI=1S/C14H24N2O4S/c1-4-9(3)12-14(18)16(11(5-2)13(17)15-12)10-6-7-21(19,20)8-10/h9-12H,4-8H2,1-3H3,(H,15,17). The van der Waals surface area contributed by atoms with E-state index in [0.717, 1.165) is 6.42 Å². The number of carbonyl (C=O) groups excluding carboxylic acids is 2. The molecule has 0 saturated carbocycles. The van der Waals surface area contributed by atoms with Crippen LogP contribution in [0.1, 0.15) is 40.0 Å². The fraction of sp³-hybridized carbons (Fsp3) is 0.857. The van der Waals surface area contributed by atoms with E-state index in [1.54, 1.807) is 4.90 Å². The van der Waals surface area contributed by atoms with Crippen molar-refractivity contribution in [3.05, 3.63) is 0 Å². The van der Waals surface area contributed by atoms with Gasteiger partial charge >= 0.3 is 0 Å². The van der Waals surface area contributed by atoms with Gasteiger partial charge in [-0.2, -0.15) is 0 Å². The fourth-order valence-electron chi connectivity index (χ4n) is 3.18. The van der Waals surface area contributed by atoms with Gasteiger partial charge in [-0.15, -0.1) is 0 Å². The molecule has 7 heteroatoms. The Morgan fingerprint density at radius 1 is 1.33 bits per heavy atom. The molecular formula is C14H24N2O4S. The van der Waals surface area contributed by atoms with E-state index in [4.69, 9.17) is 0 Å². The lowest BCUT2D eigenvalue weighted by Gasteiger charge is -2.43. The zero-order valence-electron chi connectivity index (χ0n) is 12.8. The first-order chi connectivity index (χ1) is 9.80. The molecule has 2 rings (SSSR count). The Labute approximate surface area is 126 Å². The molecule has 2 amide bonds. The molecule has 2 heterocycles. The maximum absolute atomic E-state index is 12.8. The molecular weight excluding hydrogens is 292 g/mol. The Bertz CT molecular complexity index is 531. The van der Waals surface area contributed by atoms with Crippen LogP contribution in [0.25, 0.3) is 0 Å². The minimum absolute atomic E-state index is 0.0181. The van der Waals surface area contributed by atoms with Crippen molar-refractivity contribution in [2.24, 2.45) is 5.92 Å². The minimum Gasteiger partial charge on any atom is -0.342 e. The van der Waals surface area contributed by atoms with Gasteiger partial charge in [0.1, 0.15) is 12.1 Å². The molecule has 2 fully saturated rings. The molecule has 0 aromatic rings. The molecule has 0 aliphatic carbocycles. The highest BCUT2D eigenvalue weighted by Crippen LogP contribution is 2.26. The van der Waals surface area contributed by atoms with E-state index in [1.165, 1.54) is 0 Å². The number of sulfone groups is 1. The maximum Gasteiger partial charge on any atom is 0.246 e. The number of carbonyl (C=O) groups is 2. The highest BCUT2D eigenvalue weighted by atomic mass is 32.2. The highest BCUT2D eigenvalue weighted by molar-refractivity contribution is 7.91. The van der Waals surface area contributed by atoms with Crippen LogP contribution in [0.3, 0.4) is 0 Å². The summed E-state index contributed by atoms with van der Waals surface area (Å²) in [5.74, 6) is -0.159. The third-order valence-corrected chi connectivity index (χ3v) is 6.41. The van der Waals surface area contributed by atoms with Crippen molar-refractivity contribution in [3.63, 3.8) is 0 Å². The smallest absolute Gasteiger partial charge is 0.246 e. The van der Waals surface area contributed by atoms with Crippen LogP contribution in [0.5, 0.6) is 0 Å². The number of piperazine rings is 1. The van der Waals surface area contributed by atoms with Crippen molar-refractivity contribution in [2.45, 2.75) is 58.2 Å². The maximum atomic E-state index is 12.8. The molecule has 2 saturated heterocycles. The van der Waals surface area contributed by atoms with E-state index < -0.39 is 21.9 Å². The van der Waals surface area contributed by atoms with Crippen LogP contribution in [0.4, 0.5) is 0 Å². The van der Waals surface area contributed by atoms with Crippen molar-refractivity contribution in [1.82, 2.24) is 10.2 Å². The Balaban J connectivity index is 2.29. The van der Waals surface area contributed by atoms with E-state index in [2.05, 4.69) is 5.32 Å².